The van der Waals surface area contributed by atoms with E-state index in [2.05, 4.69) is 5.32 Å². The minimum Gasteiger partial charge on any atom is -0.398 e. The monoisotopic (exact) mass is 343 g/mol. The van der Waals surface area contributed by atoms with Crippen LogP contribution in [0.15, 0.2) is 36.4 Å². The van der Waals surface area contributed by atoms with E-state index in [4.69, 9.17) is 5.73 Å². The van der Waals surface area contributed by atoms with Crippen molar-refractivity contribution in [3.8, 4) is 6.07 Å². The van der Waals surface area contributed by atoms with Gasteiger partial charge in [0, 0.05) is 18.5 Å². The number of hydrogen-bond donors (Lipinski definition) is 2. The molecule has 0 bridgehead atoms. The Labute approximate surface area is 144 Å². The molecule has 0 radical (unpaired) electrons. The molecule has 2 aromatic rings. The molecule has 0 heterocycles. The molecule has 130 valence electrons. The molecular formula is C19H19F2N3O. The number of halogens is 2. The number of anilines is 1. The summed E-state index contributed by atoms with van der Waals surface area (Å²) in [6.07, 6.45) is -0.0505. The van der Waals surface area contributed by atoms with E-state index in [0.29, 0.717) is 11.3 Å². The lowest BCUT2D eigenvalue weighted by molar-refractivity contribution is -0.0473. The van der Waals surface area contributed by atoms with Gasteiger partial charge in [0.2, 0.25) is 5.92 Å². The van der Waals surface area contributed by atoms with Crippen molar-refractivity contribution in [1.29, 1.82) is 5.26 Å². The normalized spacial score (nSPS) is 18.4. The topological polar surface area (TPSA) is 78.9 Å². The van der Waals surface area contributed by atoms with Crippen LogP contribution in [0, 0.1) is 17.2 Å². The van der Waals surface area contributed by atoms with E-state index in [9.17, 15) is 18.8 Å². The predicted molar refractivity (Wildman–Crippen MR) is 92.1 cm³/mol. The molecule has 0 saturated heterocycles. The summed E-state index contributed by atoms with van der Waals surface area (Å²) in [7, 11) is 0. The standard InChI is InChI=1S/C19H19F2N3O/c20-19(21)7-5-12(6-8-19)17(11-22)24-18(25)15-9-13-3-1-2-4-14(13)10-16(15)23/h1-4,9-10,12,17H,5-8,23H2,(H,24,25). The Morgan fingerprint density at radius 2 is 1.84 bits per heavy atom. The molecule has 1 aliphatic rings. The van der Waals surface area contributed by atoms with Gasteiger partial charge in [-0.3, -0.25) is 4.79 Å². The minimum absolute atomic E-state index is 0.221. The zero-order valence-corrected chi connectivity index (χ0v) is 13.6. The van der Waals surface area contributed by atoms with E-state index in [1.165, 1.54) is 0 Å². The highest BCUT2D eigenvalue weighted by atomic mass is 19.3. The van der Waals surface area contributed by atoms with Crippen molar-refractivity contribution < 1.29 is 13.6 Å². The number of carbonyl (C=O) groups is 1. The molecule has 2 aromatic carbocycles. The molecule has 3 N–H and O–H groups in total. The van der Waals surface area contributed by atoms with Gasteiger partial charge in [0.15, 0.2) is 0 Å². The molecule has 6 heteroatoms. The number of nitriles is 1. The summed E-state index contributed by atoms with van der Waals surface area (Å²) in [5, 5.41) is 13.8. The zero-order valence-electron chi connectivity index (χ0n) is 13.6. The molecule has 0 aromatic heterocycles. The minimum atomic E-state index is -2.66. The predicted octanol–water partition coefficient (Wildman–Crippen LogP) is 3.87. The summed E-state index contributed by atoms with van der Waals surface area (Å²) < 4.78 is 26.6. The second-order valence-corrected chi connectivity index (χ2v) is 6.56. The van der Waals surface area contributed by atoms with Gasteiger partial charge in [-0.05, 0) is 41.7 Å². The SMILES string of the molecule is N#CC(NC(=O)c1cc2ccccc2cc1N)C1CCC(F)(F)CC1. The van der Waals surface area contributed by atoms with Crippen LogP contribution in [0.5, 0.6) is 0 Å². The quantitative estimate of drug-likeness (QED) is 0.830. The lowest BCUT2D eigenvalue weighted by atomic mass is 9.82. The first kappa shape index (κ1) is 17.2. The molecule has 1 atom stereocenters. The van der Waals surface area contributed by atoms with E-state index in [1.807, 2.05) is 30.3 Å². The molecule has 25 heavy (non-hydrogen) atoms. The van der Waals surface area contributed by atoms with Gasteiger partial charge in [-0.1, -0.05) is 24.3 Å². The van der Waals surface area contributed by atoms with Gasteiger partial charge < -0.3 is 11.1 Å². The Balaban J connectivity index is 1.77. The summed E-state index contributed by atoms with van der Waals surface area (Å²) in [6, 6.07) is 12.2. The summed E-state index contributed by atoms with van der Waals surface area (Å²) in [6.45, 7) is 0. The van der Waals surface area contributed by atoms with Crippen molar-refractivity contribution in [1.82, 2.24) is 5.32 Å². The van der Waals surface area contributed by atoms with Crippen LogP contribution in [-0.2, 0) is 0 Å². The van der Waals surface area contributed by atoms with Crippen LogP contribution in [0.4, 0.5) is 14.5 Å². The van der Waals surface area contributed by atoms with Crippen molar-refractivity contribution in [2.45, 2.75) is 37.6 Å². The molecule has 1 saturated carbocycles. The lowest BCUT2D eigenvalue weighted by Gasteiger charge is -2.31. The fraction of sp³-hybridized carbons (Fsp3) is 0.368. The van der Waals surface area contributed by atoms with Gasteiger partial charge in [0.05, 0.1) is 11.6 Å². The second kappa shape index (κ2) is 6.67. The maximum absolute atomic E-state index is 13.3. The van der Waals surface area contributed by atoms with E-state index in [-0.39, 0.29) is 31.6 Å². The van der Waals surface area contributed by atoms with Crippen LogP contribution in [0.2, 0.25) is 0 Å². The maximum Gasteiger partial charge on any atom is 0.254 e. The van der Waals surface area contributed by atoms with E-state index in [1.54, 1.807) is 12.1 Å². The molecule has 1 fully saturated rings. The lowest BCUT2D eigenvalue weighted by Crippen LogP contribution is -2.42. The number of carbonyl (C=O) groups excluding carboxylic acids is 1. The Kier molecular flexibility index (Phi) is 4.58. The molecule has 0 spiro atoms. The first-order valence-electron chi connectivity index (χ1n) is 8.26. The molecule has 1 aliphatic carbocycles. The number of fused-ring (bicyclic) bond motifs is 1. The number of rotatable bonds is 3. The van der Waals surface area contributed by atoms with Crippen LogP contribution < -0.4 is 11.1 Å². The number of benzene rings is 2. The van der Waals surface area contributed by atoms with Gasteiger partial charge in [0.1, 0.15) is 6.04 Å². The largest absolute Gasteiger partial charge is 0.398 e. The molecule has 4 nitrogen and oxygen atoms in total. The number of amides is 1. The third-order valence-corrected chi connectivity index (χ3v) is 4.82. The first-order valence-corrected chi connectivity index (χ1v) is 8.26. The highest BCUT2D eigenvalue weighted by Crippen LogP contribution is 2.37. The average molecular weight is 343 g/mol. The number of alkyl halides is 2. The van der Waals surface area contributed by atoms with Crippen molar-refractivity contribution in [3.05, 3.63) is 42.0 Å². The number of nitrogens with two attached hydrogens (primary N) is 1. The summed E-state index contributed by atoms with van der Waals surface area (Å²) in [4.78, 5) is 12.6. The van der Waals surface area contributed by atoms with E-state index < -0.39 is 17.9 Å². The highest BCUT2D eigenvalue weighted by Gasteiger charge is 2.38. The van der Waals surface area contributed by atoms with Crippen molar-refractivity contribution in [3.63, 3.8) is 0 Å². The number of nitrogens with zero attached hydrogens (tertiary/aromatic N) is 1. The zero-order chi connectivity index (χ0) is 18.0. The molecular weight excluding hydrogens is 324 g/mol. The Morgan fingerprint density at radius 1 is 1.24 bits per heavy atom. The summed E-state index contributed by atoms with van der Waals surface area (Å²) >= 11 is 0. The highest BCUT2D eigenvalue weighted by molar-refractivity contribution is 6.04. The van der Waals surface area contributed by atoms with Crippen LogP contribution in [0.25, 0.3) is 10.8 Å². The average Bonchev–Trinajstić information content (AvgIpc) is 2.59. The van der Waals surface area contributed by atoms with Gasteiger partial charge in [-0.15, -0.1) is 0 Å². The summed E-state index contributed by atoms with van der Waals surface area (Å²) in [5.41, 5.74) is 6.59. The molecule has 0 aliphatic heterocycles. The Hall–Kier alpha value is -2.68. The maximum atomic E-state index is 13.3. The fourth-order valence-electron chi connectivity index (χ4n) is 3.32. The van der Waals surface area contributed by atoms with Crippen LogP contribution in [0.1, 0.15) is 36.0 Å². The van der Waals surface area contributed by atoms with E-state index >= 15 is 0 Å². The molecule has 1 amide bonds. The van der Waals surface area contributed by atoms with Crippen molar-refractivity contribution in [2.75, 3.05) is 5.73 Å². The summed E-state index contributed by atoms with van der Waals surface area (Å²) in [5.74, 6) is -3.38. The smallest absolute Gasteiger partial charge is 0.254 e. The van der Waals surface area contributed by atoms with Gasteiger partial charge in [-0.2, -0.15) is 5.26 Å². The third kappa shape index (κ3) is 3.71. The van der Waals surface area contributed by atoms with Crippen LogP contribution in [-0.4, -0.2) is 17.9 Å². The number of nitrogen functional groups attached to an aromatic ring is 1. The second-order valence-electron chi connectivity index (χ2n) is 6.56. The fourth-order valence-corrected chi connectivity index (χ4v) is 3.32. The van der Waals surface area contributed by atoms with Gasteiger partial charge in [-0.25, -0.2) is 8.78 Å². The number of nitrogens with one attached hydrogen (secondary N) is 1. The van der Waals surface area contributed by atoms with Crippen LogP contribution in [0.3, 0.4) is 0 Å². The van der Waals surface area contributed by atoms with Crippen molar-refractivity contribution >= 4 is 22.4 Å². The molecule has 3 rings (SSSR count). The Morgan fingerprint density at radius 3 is 2.44 bits per heavy atom. The number of hydrogen-bond acceptors (Lipinski definition) is 3. The van der Waals surface area contributed by atoms with E-state index in [0.717, 1.165) is 10.8 Å². The first-order chi connectivity index (χ1) is 11.9. The van der Waals surface area contributed by atoms with Gasteiger partial charge in [0.25, 0.3) is 5.91 Å². The van der Waals surface area contributed by atoms with Gasteiger partial charge >= 0.3 is 0 Å². The van der Waals surface area contributed by atoms with Crippen LogP contribution >= 0.6 is 0 Å². The molecule has 1 unspecified atom stereocenters. The third-order valence-electron chi connectivity index (χ3n) is 4.82. The Bertz CT molecular complexity index is 834. The van der Waals surface area contributed by atoms with Crippen molar-refractivity contribution in [2.24, 2.45) is 5.92 Å².